The number of imidazole rings is 1. The van der Waals surface area contributed by atoms with Crippen molar-refractivity contribution in [2.24, 2.45) is 0 Å². The topological polar surface area (TPSA) is 67.5 Å². The van der Waals surface area contributed by atoms with Crippen molar-refractivity contribution in [1.82, 2.24) is 14.9 Å². The average Bonchev–Trinajstić information content (AvgIpc) is 3.35. The number of nitrogens with one attached hydrogen (secondary N) is 1. The van der Waals surface area contributed by atoms with Crippen molar-refractivity contribution < 1.29 is 14.3 Å². The third-order valence-corrected chi connectivity index (χ3v) is 6.05. The quantitative estimate of drug-likeness (QED) is 0.916. The maximum absolute atomic E-state index is 13.5. The van der Waals surface area contributed by atoms with E-state index < -0.39 is 0 Å². The molecular weight excluding hydrogens is 330 g/mol. The van der Waals surface area contributed by atoms with Crippen LogP contribution in [0.25, 0.3) is 11.4 Å². The van der Waals surface area contributed by atoms with Crippen LogP contribution in [0, 0.1) is 0 Å². The molecule has 26 heavy (non-hydrogen) atoms. The summed E-state index contributed by atoms with van der Waals surface area (Å²) in [5, 5.41) is 0. The van der Waals surface area contributed by atoms with Gasteiger partial charge in [0.15, 0.2) is 0 Å². The van der Waals surface area contributed by atoms with E-state index >= 15 is 0 Å². The number of rotatable bonds is 4. The fraction of sp³-hybridized carbons (Fsp3) is 0.500. The van der Waals surface area contributed by atoms with Crippen LogP contribution in [0.5, 0.6) is 0 Å². The van der Waals surface area contributed by atoms with E-state index in [0.717, 1.165) is 31.2 Å². The number of methoxy groups -OCH3 is 2. The van der Waals surface area contributed by atoms with Gasteiger partial charge in [0.2, 0.25) is 0 Å². The summed E-state index contributed by atoms with van der Waals surface area (Å²) >= 11 is 0. The maximum atomic E-state index is 13.5. The second-order valence-electron chi connectivity index (χ2n) is 7.15. The van der Waals surface area contributed by atoms with Gasteiger partial charge in [-0.15, -0.1) is 0 Å². The number of nitrogens with zero attached hydrogens (tertiary/aromatic N) is 2. The third-order valence-electron chi connectivity index (χ3n) is 6.05. The molecular formula is C20H25N3O3. The maximum Gasteiger partial charge on any atom is 0.254 e. The first-order valence-electron chi connectivity index (χ1n) is 9.16. The molecule has 1 aromatic heterocycles. The van der Waals surface area contributed by atoms with Crippen molar-refractivity contribution in [3.05, 3.63) is 42.2 Å². The minimum Gasteiger partial charge on any atom is -0.381 e. The minimum atomic E-state index is -0.246. The summed E-state index contributed by atoms with van der Waals surface area (Å²) in [6.45, 7) is 0.709. The van der Waals surface area contributed by atoms with Gasteiger partial charge in [0.1, 0.15) is 5.82 Å². The number of aromatic amines is 1. The number of fused-ring (bicyclic) bond motifs is 1. The van der Waals surface area contributed by atoms with Crippen LogP contribution >= 0.6 is 0 Å². The molecule has 138 valence electrons. The molecule has 6 heteroatoms. The van der Waals surface area contributed by atoms with Gasteiger partial charge in [-0.25, -0.2) is 4.98 Å². The highest BCUT2D eigenvalue weighted by Crippen LogP contribution is 2.43. The molecule has 1 aromatic carbocycles. The summed E-state index contributed by atoms with van der Waals surface area (Å²) in [5.74, 6) is 0.752. The van der Waals surface area contributed by atoms with Gasteiger partial charge in [0.05, 0.1) is 23.3 Å². The number of amides is 1. The molecule has 0 spiro atoms. The van der Waals surface area contributed by atoms with Gasteiger partial charge < -0.3 is 19.4 Å². The van der Waals surface area contributed by atoms with Gasteiger partial charge in [-0.05, 0) is 31.7 Å². The van der Waals surface area contributed by atoms with Gasteiger partial charge in [-0.2, -0.15) is 0 Å². The average molecular weight is 355 g/mol. The largest absolute Gasteiger partial charge is 0.381 e. The summed E-state index contributed by atoms with van der Waals surface area (Å²) < 4.78 is 11.5. The van der Waals surface area contributed by atoms with Crippen LogP contribution in [0.15, 0.2) is 36.7 Å². The number of likely N-dealkylation sites (tertiary alicyclic amines) is 1. The Morgan fingerprint density at radius 1 is 1.31 bits per heavy atom. The first kappa shape index (κ1) is 17.2. The molecule has 1 saturated heterocycles. The van der Waals surface area contributed by atoms with E-state index in [-0.39, 0.29) is 23.7 Å². The van der Waals surface area contributed by atoms with Gasteiger partial charge in [-0.3, -0.25) is 4.79 Å². The molecule has 2 heterocycles. The number of aromatic nitrogens is 2. The zero-order chi connectivity index (χ0) is 18.1. The lowest BCUT2D eigenvalue weighted by molar-refractivity contribution is -0.0893. The second kappa shape index (κ2) is 6.85. The van der Waals surface area contributed by atoms with E-state index in [1.165, 1.54) is 0 Å². The lowest BCUT2D eigenvalue weighted by Crippen LogP contribution is -2.53. The Labute approximate surface area is 153 Å². The first-order chi connectivity index (χ1) is 12.7. The van der Waals surface area contributed by atoms with Gasteiger partial charge in [0.25, 0.3) is 5.91 Å². The third kappa shape index (κ3) is 2.73. The molecule has 0 radical (unpaired) electrons. The van der Waals surface area contributed by atoms with Crippen LogP contribution in [0.2, 0.25) is 0 Å². The molecule has 1 saturated carbocycles. The monoisotopic (exact) mass is 355 g/mol. The second-order valence-corrected chi connectivity index (χ2v) is 7.15. The lowest BCUT2D eigenvalue weighted by atomic mass is 9.79. The number of carbonyl (C=O) groups is 1. The molecule has 2 aliphatic rings. The van der Waals surface area contributed by atoms with Crippen LogP contribution in [0.4, 0.5) is 0 Å². The Kier molecular flexibility index (Phi) is 4.54. The van der Waals surface area contributed by atoms with E-state index in [1.54, 1.807) is 26.6 Å². The lowest BCUT2D eigenvalue weighted by Gasteiger charge is -2.43. The van der Waals surface area contributed by atoms with E-state index in [2.05, 4.69) is 9.97 Å². The highest BCUT2D eigenvalue weighted by molar-refractivity contribution is 6.00. The van der Waals surface area contributed by atoms with Crippen LogP contribution < -0.4 is 0 Å². The zero-order valence-corrected chi connectivity index (χ0v) is 15.3. The number of H-pyrrole nitrogens is 1. The highest BCUT2D eigenvalue weighted by atomic mass is 16.5. The molecule has 0 unspecified atom stereocenters. The normalized spacial score (nSPS) is 28.2. The smallest absolute Gasteiger partial charge is 0.254 e. The Hall–Kier alpha value is -2.18. The molecule has 4 rings (SSSR count). The molecule has 1 amide bonds. The summed E-state index contributed by atoms with van der Waals surface area (Å²) in [6, 6.07) is 7.69. The van der Waals surface area contributed by atoms with Crippen molar-refractivity contribution in [3.8, 4) is 11.4 Å². The predicted molar refractivity (Wildman–Crippen MR) is 97.9 cm³/mol. The SMILES string of the molecule is CO[C@@H]1CC[C@@]2(OC)CCN(C(=O)c3ccccc3-c3ncc[nH]3)[C@H]2C1. The van der Waals surface area contributed by atoms with Gasteiger partial charge >= 0.3 is 0 Å². The number of hydrogen-bond donors (Lipinski definition) is 1. The molecule has 6 nitrogen and oxygen atoms in total. The Morgan fingerprint density at radius 3 is 2.88 bits per heavy atom. The van der Waals surface area contributed by atoms with Crippen LogP contribution in [-0.2, 0) is 9.47 Å². The van der Waals surface area contributed by atoms with Crippen molar-refractivity contribution in [3.63, 3.8) is 0 Å². The molecule has 2 fully saturated rings. The Morgan fingerprint density at radius 2 is 2.15 bits per heavy atom. The van der Waals surface area contributed by atoms with Crippen molar-refractivity contribution in [2.45, 2.75) is 43.4 Å². The highest BCUT2D eigenvalue weighted by Gasteiger charge is 2.52. The summed E-state index contributed by atoms with van der Waals surface area (Å²) in [5.41, 5.74) is 1.26. The summed E-state index contributed by atoms with van der Waals surface area (Å²) in [6.07, 6.45) is 7.25. The summed E-state index contributed by atoms with van der Waals surface area (Å²) in [4.78, 5) is 22.9. The van der Waals surface area contributed by atoms with Crippen molar-refractivity contribution >= 4 is 5.91 Å². The minimum absolute atomic E-state index is 0.0395. The molecule has 3 atom stereocenters. The standard InChI is InChI=1S/C20H25N3O3/c1-25-14-7-8-20(26-2)9-12-23(17(20)13-14)19(24)16-6-4-3-5-15(16)18-21-10-11-22-18/h3-6,10-11,14,17H,7-9,12-13H2,1-2H3,(H,21,22)/t14-,17+,20-/m1/s1. The van der Waals surface area contributed by atoms with E-state index in [4.69, 9.17) is 9.47 Å². The van der Waals surface area contributed by atoms with Crippen LogP contribution in [-0.4, -0.2) is 59.3 Å². The number of carbonyl (C=O) groups excluding carboxylic acids is 1. The molecule has 1 aliphatic carbocycles. The fourth-order valence-electron chi connectivity index (χ4n) is 4.56. The molecule has 1 aliphatic heterocycles. The molecule has 0 bridgehead atoms. The van der Waals surface area contributed by atoms with Crippen molar-refractivity contribution in [1.29, 1.82) is 0 Å². The first-order valence-corrected chi connectivity index (χ1v) is 9.16. The van der Waals surface area contributed by atoms with E-state index in [1.807, 2.05) is 29.2 Å². The van der Waals surface area contributed by atoms with E-state index in [9.17, 15) is 4.79 Å². The Bertz CT molecular complexity index is 776. The van der Waals surface area contributed by atoms with Crippen LogP contribution in [0.1, 0.15) is 36.0 Å². The zero-order valence-electron chi connectivity index (χ0n) is 15.3. The predicted octanol–water partition coefficient (Wildman–Crippen LogP) is 2.88. The van der Waals surface area contributed by atoms with Crippen molar-refractivity contribution in [2.75, 3.05) is 20.8 Å². The van der Waals surface area contributed by atoms with Gasteiger partial charge in [-0.1, -0.05) is 18.2 Å². The summed E-state index contributed by atoms with van der Waals surface area (Å²) in [7, 11) is 3.52. The number of benzene rings is 1. The molecule has 1 N–H and O–H groups in total. The number of ether oxygens (including phenoxy) is 2. The Balaban J connectivity index is 1.67. The number of hydrogen-bond acceptors (Lipinski definition) is 4. The van der Waals surface area contributed by atoms with Gasteiger partial charge in [0, 0.05) is 38.7 Å². The van der Waals surface area contributed by atoms with E-state index in [0.29, 0.717) is 17.9 Å². The molecule has 2 aromatic rings. The fourth-order valence-corrected chi connectivity index (χ4v) is 4.56. The van der Waals surface area contributed by atoms with Crippen LogP contribution in [0.3, 0.4) is 0 Å².